The molecule has 1 unspecified atom stereocenters. The third-order valence-corrected chi connectivity index (χ3v) is 2.93. The summed E-state index contributed by atoms with van der Waals surface area (Å²) in [4.78, 5) is 0. The molecule has 1 heterocycles. The maximum absolute atomic E-state index is 13.2. The van der Waals surface area contributed by atoms with Gasteiger partial charge in [0.25, 0.3) is 0 Å². The lowest BCUT2D eigenvalue weighted by atomic mass is 10.1. The van der Waals surface area contributed by atoms with Crippen molar-refractivity contribution >= 4 is 0 Å². The Hall–Kier alpha value is -1.81. The van der Waals surface area contributed by atoms with Crippen LogP contribution in [-0.4, -0.2) is 5.11 Å². The highest BCUT2D eigenvalue weighted by Crippen LogP contribution is 2.27. The van der Waals surface area contributed by atoms with Crippen molar-refractivity contribution in [3.05, 3.63) is 53.7 Å². The first-order valence-electron chi connectivity index (χ1n) is 5.86. The van der Waals surface area contributed by atoms with Gasteiger partial charge in [-0.1, -0.05) is 0 Å². The molecule has 18 heavy (non-hydrogen) atoms. The Kier molecular flexibility index (Phi) is 3.67. The highest BCUT2D eigenvalue weighted by molar-refractivity contribution is 5.35. The van der Waals surface area contributed by atoms with Crippen LogP contribution in [-0.2, 0) is 0 Å². The van der Waals surface area contributed by atoms with Crippen LogP contribution in [0.3, 0.4) is 0 Å². The van der Waals surface area contributed by atoms with Crippen LogP contribution in [0.25, 0.3) is 0 Å². The predicted octanol–water partition coefficient (Wildman–Crippen LogP) is 3.54. The van der Waals surface area contributed by atoms with Gasteiger partial charge in [0, 0.05) is 11.6 Å². The van der Waals surface area contributed by atoms with E-state index in [9.17, 15) is 9.50 Å². The molecular formula is C14H16FNO2. The van der Waals surface area contributed by atoms with Crippen molar-refractivity contribution in [2.24, 2.45) is 0 Å². The molecule has 96 valence electrons. The summed E-state index contributed by atoms with van der Waals surface area (Å²) in [7, 11) is 0. The van der Waals surface area contributed by atoms with Crippen LogP contribution < -0.4 is 5.32 Å². The third kappa shape index (κ3) is 2.71. The molecule has 0 spiro atoms. The Morgan fingerprint density at radius 3 is 2.67 bits per heavy atom. The Labute approximate surface area is 105 Å². The number of nitrogens with one attached hydrogen (secondary N) is 1. The number of hydrogen-bond donors (Lipinski definition) is 2. The van der Waals surface area contributed by atoms with Crippen LogP contribution in [0.15, 0.2) is 41.0 Å². The van der Waals surface area contributed by atoms with Crippen LogP contribution in [0.5, 0.6) is 5.75 Å². The van der Waals surface area contributed by atoms with Gasteiger partial charge in [-0.05, 0) is 44.2 Å². The molecule has 0 amide bonds. The Morgan fingerprint density at radius 2 is 2.00 bits per heavy atom. The molecule has 0 bridgehead atoms. The van der Waals surface area contributed by atoms with Gasteiger partial charge in [0.2, 0.25) is 0 Å². The van der Waals surface area contributed by atoms with Crippen molar-refractivity contribution in [3.8, 4) is 5.75 Å². The molecular weight excluding hydrogens is 233 g/mol. The maximum atomic E-state index is 13.2. The van der Waals surface area contributed by atoms with E-state index in [-0.39, 0.29) is 23.7 Å². The van der Waals surface area contributed by atoms with E-state index in [1.165, 1.54) is 18.2 Å². The van der Waals surface area contributed by atoms with Crippen LogP contribution in [0.4, 0.5) is 4.39 Å². The van der Waals surface area contributed by atoms with Gasteiger partial charge < -0.3 is 14.8 Å². The fraction of sp³-hybridized carbons (Fsp3) is 0.286. The van der Waals surface area contributed by atoms with Crippen LogP contribution in [0.1, 0.15) is 37.3 Å². The van der Waals surface area contributed by atoms with E-state index in [1.54, 1.807) is 6.26 Å². The second-order valence-electron chi connectivity index (χ2n) is 4.33. The largest absolute Gasteiger partial charge is 0.508 e. The van der Waals surface area contributed by atoms with Gasteiger partial charge in [-0.2, -0.15) is 0 Å². The van der Waals surface area contributed by atoms with Gasteiger partial charge in [0.1, 0.15) is 17.3 Å². The second kappa shape index (κ2) is 5.23. The molecule has 2 rings (SSSR count). The fourth-order valence-electron chi connectivity index (χ4n) is 1.96. The van der Waals surface area contributed by atoms with E-state index in [4.69, 9.17) is 4.42 Å². The van der Waals surface area contributed by atoms with Gasteiger partial charge in [0.15, 0.2) is 0 Å². The summed E-state index contributed by atoms with van der Waals surface area (Å²) in [6.45, 7) is 3.82. The minimum absolute atomic E-state index is 0.0160. The molecule has 2 N–H and O–H groups in total. The molecule has 2 aromatic rings. The highest BCUT2D eigenvalue weighted by atomic mass is 19.1. The van der Waals surface area contributed by atoms with Crippen molar-refractivity contribution in [2.45, 2.75) is 25.9 Å². The number of phenols is 1. The quantitative estimate of drug-likeness (QED) is 0.871. The first-order chi connectivity index (χ1) is 8.58. The number of furan rings is 1. The minimum Gasteiger partial charge on any atom is -0.508 e. The van der Waals surface area contributed by atoms with Crippen molar-refractivity contribution in [1.82, 2.24) is 5.32 Å². The van der Waals surface area contributed by atoms with Crippen LogP contribution >= 0.6 is 0 Å². The standard InChI is InChI=1S/C14H16FNO2/c1-9(12-8-11(15)5-6-13(12)17)16-10(2)14-4-3-7-18-14/h3-10,16-17H,1-2H3/t9?,10-/m1/s1. The summed E-state index contributed by atoms with van der Waals surface area (Å²) < 4.78 is 18.4. The van der Waals surface area contributed by atoms with Gasteiger partial charge in [-0.15, -0.1) is 0 Å². The molecule has 1 aromatic heterocycles. The minimum atomic E-state index is -0.359. The van der Waals surface area contributed by atoms with Crippen molar-refractivity contribution in [3.63, 3.8) is 0 Å². The molecule has 2 atom stereocenters. The summed E-state index contributed by atoms with van der Waals surface area (Å²) >= 11 is 0. The van der Waals surface area contributed by atoms with E-state index in [0.29, 0.717) is 5.56 Å². The Bertz CT molecular complexity index is 511. The zero-order valence-corrected chi connectivity index (χ0v) is 10.4. The first kappa shape index (κ1) is 12.6. The molecule has 0 fully saturated rings. The molecule has 0 saturated heterocycles. The average molecular weight is 249 g/mol. The normalized spacial score (nSPS) is 14.4. The third-order valence-electron chi connectivity index (χ3n) is 2.93. The Balaban J connectivity index is 2.12. The van der Waals surface area contributed by atoms with E-state index < -0.39 is 0 Å². The molecule has 0 aliphatic carbocycles. The summed E-state index contributed by atoms with van der Waals surface area (Å²) in [5.74, 6) is 0.530. The Morgan fingerprint density at radius 1 is 1.22 bits per heavy atom. The number of halogens is 1. The van der Waals surface area contributed by atoms with Gasteiger partial charge in [-0.3, -0.25) is 0 Å². The average Bonchev–Trinajstić information content (AvgIpc) is 2.85. The fourth-order valence-corrected chi connectivity index (χ4v) is 1.96. The molecule has 0 saturated carbocycles. The second-order valence-corrected chi connectivity index (χ2v) is 4.33. The molecule has 1 aromatic carbocycles. The van der Waals surface area contributed by atoms with Crippen molar-refractivity contribution in [1.29, 1.82) is 0 Å². The van der Waals surface area contributed by atoms with E-state index in [0.717, 1.165) is 5.76 Å². The molecule has 0 aliphatic rings. The monoisotopic (exact) mass is 249 g/mol. The first-order valence-corrected chi connectivity index (χ1v) is 5.86. The summed E-state index contributed by atoms with van der Waals surface area (Å²) in [5.41, 5.74) is 0.536. The topological polar surface area (TPSA) is 45.4 Å². The lowest BCUT2D eigenvalue weighted by Crippen LogP contribution is -2.22. The summed E-state index contributed by atoms with van der Waals surface area (Å²) in [6, 6.07) is 7.43. The smallest absolute Gasteiger partial charge is 0.123 e. The van der Waals surface area contributed by atoms with Gasteiger partial charge in [0.05, 0.1) is 12.3 Å². The molecule has 0 radical (unpaired) electrons. The van der Waals surface area contributed by atoms with Gasteiger partial charge >= 0.3 is 0 Å². The van der Waals surface area contributed by atoms with E-state index >= 15 is 0 Å². The predicted molar refractivity (Wildman–Crippen MR) is 66.7 cm³/mol. The maximum Gasteiger partial charge on any atom is 0.123 e. The van der Waals surface area contributed by atoms with Crippen molar-refractivity contribution < 1.29 is 13.9 Å². The zero-order valence-electron chi connectivity index (χ0n) is 10.4. The van der Waals surface area contributed by atoms with E-state index in [2.05, 4.69) is 5.32 Å². The van der Waals surface area contributed by atoms with E-state index in [1.807, 2.05) is 26.0 Å². The number of aromatic hydroxyl groups is 1. The lowest BCUT2D eigenvalue weighted by molar-refractivity contribution is 0.391. The number of phenolic OH excluding ortho intramolecular Hbond substituents is 1. The number of benzene rings is 1. The SMILES string of the molecule is CC(N[C@H](C)c1ccco1)c1cc(F)ccc1O. The molecule has 3 nitrogen and oxygen atoms in total. The lowest BCUT2D eigenvalue weighted by Gasteiger charge is -2.19. The highest BCUT2D eigenvalue weighted by Gasteiger charge is 2.16. The van der Waals surface area contributed by atoms with Crippen LogP contribution in [0, 0.1) is 5.82 Å². The summed E-state index contributed by atoms with van der Waals surface area (Å²) in [5, 5.41) is 13.0. The molecule has 0 aliphatic heterocycles. The summed E-state index contributed by atoms with van der Waals surface area (Å²) in [6.07, 6.45) is 1.61. The van der Waals surface area contributed by atoms with Crippen molar-refractivity contribution in [2.75, 3.05) is 0 Å². The van der Waals surface area contributed by atoms with Gasteiger partial charge in [-0.25, -0.2) is 4.39 Å². The number of hydrogen-bond acceptors (Lipinski definition) is 3. The van der Waals surface area contributed by atoms with Crippen LogP contribution in [0.2, 0.25) is 0 Å². The molecule has 4 heteroatoms. The zero-order chi connectivity index (χ0) is 13.1. The number of rotatable bonds is 4.